The SMILES string of the molecule is O=C1[C@H]2CC=CC[C@H]2[C@@H](O)N1CCc1c[nH]c2ccccc12. The molecule has 1 saturated heterocycles. The lowest BCUT2D eigenvalue weighted by molar-refractivity contribution is -0.135. The van der Waals surface area contributed by atoms with Crippen LogP contribution in [0.1, 0.15) is 18.4 Å². The van der Waals surface area contributed by atoms with Gasteiger partial charge in [0.1, 0.15) is 6.23 Å². The number of aromatic amines is 1. The molecular formula is C18H20N2O2. The molecular weight excluding hydrogens is 276 g/mol. The number of rotatable bonds is 3. The van der Waals surface area contributed by atoms with Crippen molar-refractivity contribution in [3.63, 3.8) is 0 Å². The van der Waals surface area contributed by atoms with Crippen molar-refractivity contribution in [1.82, 2.24) is 9.88 Å². The van der Waals surface area contributed by atoms with Crippen LogP contribution in [0.4, 0.5) is 0 Å². The predicted octanol–water partition coefficient (Wildman–Crippen LogP) is 2.45. The Bertz CT molecular complexity index is 734. The van der Waals surface area contributed by atoms with Crippen molar-refractivity contribution >= 4 is 16.8 Å². The van der Waals surface area contributed by atoms with E-state index in [1.807, 2.05) is 18.3 Å². The second-order valence-electron chi connectivity index (χ2n) is 6.27. The molecule has 1 fully saturated rings. The molecule has 2 aromatic rings. The average Bonchev–Trinajstić information content (AvgIpc) is 3.07. The van der Waals surface area contributed by atoms with Gasteiger partial charge in [0.25, 0.3) is 0 Å². The highest BCUT2D eigenvalue weighted by atomic mass is 16.3. The number of nitrogens with one attached hydrogen (secondary N) is 1. The zero-order chi connectivity index (χ0) is 15.1. The lowest BCUT2D eigenvalue weighted by atomic mass is 9.85. The highest BCUT2D eigenvalue weighted by molar-refractivity contribution is 5.84. The van der Waals surface area contributed by atoms with Gasteiger partial charge in [0.2, 0.25) is 5.91 Å². The third kappa shape index (κ3) is 2.06. The molecule has 0 saturated carbocycles. The van der Waals surface area contributed by atoms with Crippen molar-refractivity contribution < 1.29 is 9.90 Å². The smallest absolute Gasteiger partial charge is 0.228 e. The molecule has 114 valence electrons. The van der Waals surface area contributed by atoms with Crippen LogP contribution in [-0.2, 0) is 11.2 Å². The van der Waals surface area contributed by atoms with E-state index in [4.69, 9.17) is 0 Å². The molecule has 1 amide bonds. The maximum atomic E-state index is 12.5. The number of fused-ring (bicyclic) bond motifs is 2. The van der Waals surface area contributed by atoms with E-state index in [1.165, 1.54) is 10.9 Å². The number of benzene rings is 1. The number of nitrogens with zero attached hydrogens (tertiary/aromatic N) is 1. The Balaban J connectivity index is 1.51. The Labute approximate surface area is 129 Å². The van der Waals surface area contributed by atoms with Gasteiger partial charge in [-0.25, -0.2) is 0 Å². The first-order valence-corrected chi connectivity index (χ1v) is 7.94. The van der Waals surface area contributed by atoms with Crippen LogP contribution >= 0.6 is 0 Å². The molecule has 1 aromatic carbocycles. The first kappa shape index (κ1) is 13.6. The van der Waals surface area contributed by atoms with Crippen molar-refractivity contribution in [1.29, 1.82) is 0 Å². The predicted molar refractivity (Wildman–Crippen MR) is 85.1 cm³/mol. The Hall–Kier alpha value is -2.07. The van der Waals surface area contributed by atoms with E-state index in [-0.39, 0.29) is 17.7 Å². The van der Waals surface area contributed by atoms with Crippen LogP contribution in [0, 0.1) is 11.8 Å². The molecule has 0 unspecified atom stereocenters. The van der Waals surface area contributed by atoms with Crippen molar-refractivity contribution in [3.05, 3.63) is 48.2 Å². The molecule has 22 heavy (non-hydrogen) atoms. The second-order valence-corrected chi connectivity index (χ2v) is 6.27. The molecule has 4 nitrogen and oxygen atoms in total. The summed E-state index contributed by atoms with van der Waals surface area (Å²) < 4.78 is 0. The summed E-state index contributed by atoms with van der Waals surface area (Å²) in [6.45, 7) is 0.578. The van der Waals surface area contributed by atoms with Crippen LogP contribution < -0.4 is 0 Å². The third-order valence-corrected chi connectivity index (χ3v) is 5.08. The van der Waals surface area contributed by atoms with Gasteiger partial charge in [-0.1, -0.05) is 30.4 Å². The topological polar surface area (TPSA) is 56.3 Å². The highest BCUT2D eigenvalue weighted by Crippen LogP contribution is 2.37. The molecule has 1 aliphatic heterocycles. The largest absolute Gasteiger partial charge is 0.373 e. The summed E-state index contributed by atoms with van der Waals surface area (Å²) >= 11 is 0. The fourth-order valence-corrected chi connectivity index (χ4v) is 3.85. The number of aromatic nitrogens is 1. The van der Waals surface area contributed by atoms with Gasteiger partial charge in [-0.15, -0.1) is 0 Å². The standard InChI is InChI=1S/C18H20N2O2/c21-17-14-6-1-2-7-15(14)18(22)20(17)10-9-12-11-19-16-8-4-3-5-13(12)16/h1-5,8,11,14-15,17,19,21H,6-7,9-10H2/t14-,15+,17-/m1/s1. The lowest BCUT2D eigenvalue weighted by Gasteiger charge is -2.23. The van der Waals surface area contributed by atoms with Gasteiger partial charge in [0, 0.05) is 35.5 Å². The zero-order valence-corrected chi connectivity index (χ0v) is 12.4. The number of H-pyrrole nitrogens is 1. The van der Waals surface area contributed by atoms with Gasteiger partial charge in [0.15, 0.2) is 0 Å². The molecule has 2 aliphatic rings. The quantitative estimate of drug-likeness (QED) is 0.855. The summed E-state index contributed by atoms with van der Waals surface area (Å²) in [6, 6.07) is 8.17. The first-order chi connectivity index (χ1) is 10.8. The molecule has 1 aliphatic carbocycles. The third-order valence-electron chi connectivity index (χ3n) is 5.08. The summed E-state index contributed by atoms with van der Waals surface area (Å²) in [5, 5.41) is 11.7. The average molecular weight is 296 g/mol. The second kappa shape index (κ2) is 5.29. The van der Waals surface area contributed by atoms with E-state index in [0.717, 1.165) is 24.8 Å². The molecule has 4 heteroatoms. The normalized spacial score (nSPS) is 27.6. The summed E-state index contributed by atoms with van der Waals surface area (Å²) in [7, 11) is 0. The molecule has 0 radical (unpaired) electrons. The maximum absolute atomic E-state index is 12.5. The lowest BCUT2D eigenvalue weighted by Crippen LogP contribution is -2.36. The monoisotopic (exact) mass is 296 g/mol. The number of amides is 1. The van der Waals surface area contributed by atoms with Crippen LogP contribution in [0.15, 0.2) is 42.6 Å². The summed E-state index contributed by atoms with van der Waals surface area (Å²) in [6.07, 6.45) is 7.86. The number of carbonyl (C=O) groups excluding carboxylic acids is 1. The van der Waals surface area contributed by atoms with E-state index in [0.29, 0.717) is 6.54 Å². The van der Waals surface area contributed by atoms with E-state index >= 15 is 0 Å². The van der Waals surface area contributed by atoms with E-state index in [2.05, 4.69) is 29.3 Å². The minimum absolute atomic E-state index is 0.0250. The summed E-state index contributed by atoms with van der Waals surface area (Å²) in [5.41, 5.74) is 2.31. The fourth-order valence-electron chi connectivity index (χ4n) is 3.85. The Morgan fingerprint density at radius 3 is 2.91 bits per heavy atom. The molecule has 0 spiro atoms. The van der Waals surface area contributed by atoms with Crippen molar-refractivity contribution in [2.75, 3.05) is 6.54 Å². The van der Waals surface area contributed by atoms with Gasteiger partial charge in [-0.05, 0) is 30.9 Å². The van der Waals surface area contributed by atoms with Gasteiger partial charge in [-0.3, -0.25) is 4.79 Å². The van der Waals surface area contributed by atoms with Crippen molar-refractivity contribution in [2.45, 2.75) is 25.5 Å². The number of aliphatic hydroxyl groups is 1. The Morgan fingerprint density at radius 2 is 2.05 bits per heavy atom. The van der Waals surface area contributed by atoms with Crippen molar-refractivity contribution in [3.8, 4) is 0 Å². The van der Waals surface area contributed by atoms with Gasteiger partial charge < -0.3 is 15.0 Å². The summed E-state index contributed by atoms with van der Waals surface area (Å²) in [4.78, 5) is 17.4. The van der Waals surface area contributed by atoms with E-state index in [9.17, 15) is 9.90 Å². The fraction of sp³-hybridized carbons (Fsp3) is 0.389. The van der Waals surface area contributed by atoms with Crippen LogP contribution in [0.3, 0.4) is 0 Å². The van der Waals surface area contributed by atoms with Crippen molar-refractivity contribution in [2.24, 2.45) is 11.8 Å². The van der Waals surface area contributed by atoms with E-state index in [1.54, 1.807) is 4.90 Å². The van der Waals surface area contributed by atoms with Gasteiger partial charge >= 0.3 is 0 Å². The molecule has 0 bridgehead atoms. The maximum Gasteiger partial charge on any atom is 0.228 e. The zero-order valence-electron chi connectivity index (χ0n) is 12.4. The highest BCUT2D eigenvalue weighted by Gasteiger charge is 2.46. The Morgan fingerprint density at radius 1 is 1.23 bits per heavy atom. The van der Waals surface area contributed by atoms with Gasteiger partial charge in [-0.2, -0.15) is 0 Å². The number of hydrogen-bond donors (Lipinski definition) is 2. The minimum atomic E-state index is -0.632. The molecule has 2 N–H and O–H groups in total. The molecule has 1 aromatic heterocycles. The Kier molecular flexibility index (Phi) is 3.26. The minimum Gasteiger partial charge on any atom is -0.373 e. The number of para-hydroxylation sites is 1. The number of carbonyl (C=O) groups is 1. The number of hydrogen-bond acceptors (Lipinski definition) is 2. The van der Waals surface area contributed by atoms with E-state index < -0.39 is 6.23 Å². The summed E-state index contributed by atoms with van der Waals surface area (Å²) in [5.74, 6) is 0.158. The van der Waals surface area contributed by atoms with Crippen LogP contribution in [0.25, 0.3) is 10.9 Å². The van der Waals surface area contributed by atoms with Gasteiger partial charge in [0.05, 0.1) is 0 Å². The molecule has 4 rings (SSSR count). The van der Waals surface area contributed by atoms with Crippen LogP contribution in [-0.4, -0.2) is 33.7 Å². The molecule has 2 heterocycles. The number of allylic oxidation sites excluding steroid dienone is 2. The molecule has 3 atom stereocenters. The number of aliphatic hydroxyl groups excluding tert-OH is 1. The van der Waals surface area contributed by atoms with Crippen LogP contribution in [0.2, 0.25) is 0 Å². The number of likely N-dealkylation sites (tertiary alicyclic amines) is 1. The van der Waals surface area contributed by atoms with Crippen LogP contribution in [0.5, 0.6) is 0 Å². The first-order valence-electron chi connectivity index (χ1n) is 7.94.